The number of nitrogens with zero attached hydrogens (tertiary/aromatic N) is 2. The molecule has 6 rings (SSSR count). The molecule has 0 radical (unpaired) electrons. The first-order valence-electron chi connectivity index (χ1n) is 12.5. The van der Waals surface area contributed by atoms with E-state index in [1.54, 1.807) is 6.07 Å². The van der Waals surface area contributed by atoms with E-state index in [1.807, 2.05) is 0 Å². The Balaban J connectivity index is 1.77. The Labute approximate surface area is 176 Å². The number of aromatic nitrogens is 1. The monoisotopic (exact) mass is 396 g/mol. The molecule has 0 bridgehead atoms. The van der Waals surface area contributed by atoms with Crippen LogP contribution in [-0.2, 0) is 16.0 Å². The SMILES string of the molecule is [2H]c1c([2H])c([2H])c2c3c([nH]c2c1[2H])[C@@]([2H])(c1ccc2c(c1)OCO2)N1C(=O)CN(C)C(=O)[C@H]1C3([2H])[2H]. The number of nitrogens with one attached hydrogen (secondary N) is 1. The highest BCUT2D eigenvalue weighted by Gasteiger charge is 2.47. The van der Waals surface area contributed by atoms with Crippen molar-refractivity contribution in [1.29, 1.82) is 0 Å². The lowest BCUT2D eigenvalue weighted by Gasteiger charge is -2.46. The van der Waals surface area contributed by atoms with Crippen LogP contribution in [0.25, 0.3) is 10.9 Å². The average molecular weight is 396 g/mol. The van der Waals surface area contributed by atoms with Gasteiger partial charge in [0.15, 0.2) is 11.5 Å². The molecule has 7 heteroatoms. The molecule has 1 N–H and O–H groups in total. The van der Waals surface area contributed by atoms with Gasteiger partial charge < -0.3 is 24.3 Å². The second-order valence-electron chi connectivity index (χ2n) is 7.05. The van der Waals surface area contributed by atoms with Crippen LogP contribution in [0.15, 0.2) is 42.4 Å². The Morgan fingerprint density at radius 2 is 2.07 bits per heavy atom. The number of carbonyl (C=O) groups is 2. The number of amides is 2. The molecule has 4 heterocycles. The predicted molar refractivity (Wildman–Crippen MR) is 105 cm³/mol. The number of hydrogen-bond donors (Lipinski definition) is 1. The molecule has 0 aliphatic carbocycles. The van der Waals surface area contributed by atoms with Crippen molar-refractivity contribution >= 4 is 22.7 Å². The van der Waals surface area contributed by atoms with Crippen LogP contribution in [0.2, 0.25) is 0 Å². The van der Waals surface area contributed by atoms with Crippen molar-refractivity contribution in [3.8, 4) is 11.5 Å². The van der Waals surface area contributed by atoms with E-state index in [4.69, 9.17) is 17.7 Å². The second-order valence-corrected chi connectivity index (χ2v) is 7.05. The number of para-hydroxylation sites is 1. The van der Waals surface area contributed by atoms with Crippen molar-refractivity contribution in [3.63, 3.8) is 0 Å². The number of carbonyl (C=O) groups excluding carboxylic acids is 2. The fourth-order valence-corrected chi connectivity index (χ4v) is 4.01. The van der Waals surface area contributed by atoms with Crippen molar-refractivity contribution in [2.75, 3.05) is 20.4 Å². The minimum Gasteiger partial charge on any atom is -0.454 e. The summed E-state index contributed by atoms with van der Waals surface area (Å²) in [5.41, 5.74) is -0.355. The van der Waals surface area contributed by atoms with Gasteiger partial charge in [-0.2, -0.15) is 0 Å². The molecule has 7 nitrogen and oxygen atoms in total. The van der Waals surface area contributed by atoms with Crippen LogP contribution < -0.4 is 9.47 Å². The minimum absolute atomic E-state index is 0.0402. The lowest BCUT2D eigenvalue weighted by Crippen LogP contribution is -2.62. The van der Waals surface area contributed by atoms with Crippen LogP contribution >= 0.6 is 0 Å². The Kier molecular flexibility index (Phi) is 2.17. The summed E-state index contributed by atoms with van der Waals surface area (Å²) >= 11 is 0. The zero-order valence-corrected chi connectivity index (χ0v) is 15.3. The van der Waals surface area contributed by atoms with Crippen molar-refractivity contribution < 1.29 is 28.7 Å². The summed E-state index contributed by atoms with van der Waals surface area (Å²) in [4.78, 5) is 31.6. The molecule has 0 spiro atoms. The van der Waals surface area contributed by atoms with Crippen LogP contribution in [0.5, 0.6) is 11.5 Å². The molecule has 29 heavy (non-hydrogen) atoms. The molecule has 3 aliphatic heterocycles. The summed E-state index contributed by atoms with van der Waals surface area (Å²) in [6.07, 6.45) is -2.59. The predicted octanol–water partition coefficient (Wildman–Crippen LogP) is 2.21. The van der Waals surface area contributed by atoms with Gasteiger partial charge in [0.1, 0.15) is 6.04 Å². The summed E-state index contributed by atoms with van der Waals surface area (Å²) in [5.74, 6) is -0.665. The Hall–Kier alpha value is -3.48. The first-order valence-corrected chi connectivity index (χ1v) is 9.01. The number of benzene rings is 2. The molecule has 2 atom stereocenters. The molecule has 2 amide bonds. The molecule has 3 aliphatic rings. The number of ether oxygens (including phenoxy) is 2. The molecule has 2 aromatic carbocycles. The standard InChI is InChI=1S/C22H19N3O4/c1-24-10-19(26)25-16(22(24)27)9-14-13-4-2-3-5-15(13)23-20(14)21(25)12-6-7-17-18(8-12)29-11-28-17/h2-8,16,21,23H,9-11H2,1H3/t16-,21-/m1/s1/i2D,3D,4D,5D,9D2,21D. The Morgan fingerprint density at radius 3 is 2.97 bits per heavy atom. The first kappa shape index (κ1) is 10.9. The molecule has 0 saturated carbocycles. The van der Waals surface area contributed by atoms with Gasteiger partial charge in [0, 0.05) is 32.8 Å². The molecule has 0 unspecified atom stereocenters. The number of fused-ring (bicyclic) bond motifs is 5. The lowest BCUT2D eigenvalue weighted by atomic mass is 9.86. The highest BCUT2D eigenvalue weighted by atomic mass is 16.7. The van der Waals surface area contributed by atoms with Gasteiger partial charge in [-0.25, -0.2) is 0 Å². The van der Waals surface area contributed by atoms with E-state index < -0.39 is 54.4 Å². The molecule has 1 saturated heterocycles. The zero-order chi connectivity index (χ0) is 25.9. The van der Waals surface area contributed by atoms with E-state index in [0.717, 1.165) is 9.80 Å². The minimum atomic E-state index is -2.59. The molecular weight excluding hydrogens is 370 g/mol. The van der Waals surface area contributed by atoms with Gasteiger partial charge >= 0.3 is 0 Å². The van der Waals surface area contributed by atoms with Crippen molar-refractivity contribution in [1.82, 2.24) is 14.8 Å². The zero-order valence-electron chi connectivity index (χ0n) is 22.3. The fraction of sp³-hybridized carbons (Fsp3) is 0.273. The van der Waals surface area contributed by atoms with Gasteiger partial charge in [-0.3, -0.25) is 9.59 Å². The highest BCUT2D eigenvalue weighted by molar-refractivity contribution is 5.97. The van der Waals surface area contributed by atoms with Gasteiger partial charge in [0.2, 0.25) is 18.6 Å². The number of likely N-dealkylation sites (N-methyl/N-ethyl adjacent to an activating group) is 1. The van der Waals surface area contributed by atoms with Crippen LogP contribution in [0, 0.1) is 0 Å². The number of aromatic amines is 1. The third-order valence-electron chi connectivity index (χ3n) is 5.35. The van der Waals surface area contributed by atoms with E-state index in [9.17, 15) is 11.0 Å². The normalized spacial score (nSPS) is 30.5. The molecule has 1 aromatic heterocycles. The quantitative estimate of drug-likeness (QED) is 0.684. The number of piperazine rings is 1. The average Bonchev–Trinajstić information content (AvgIpc) is 3.47. The van der Waals surface area contributed by atoms with Gasteiger partial charge in [0.05, 0.1) is 19.4 Å². The third-order valence-corrected chi connectivity index (χ3v) is 5.35. The van der Waals surface area contributed by atoms with Gasteiger partial charge in [0.25, 0.3) is 0 Å². The van der Waals surface area contributed by atoms with Gasteiger partial charge in [-0.15, -0.1) is 0 Å². The highest BCUT2D eigenvalue weighted by Crippen LogP contribution is 2.44. The van der Waals surface area contributed by atoms with Crippen LogP contribution in [0.4, 0.5) is 0 Å². The Morgan fingerprint density at radius 1 is 1.24 bits per heavy atom. The number of H-pyrrole nitrogens is 1. The maximum absolute atomic E-state index is 13.4. The number of hydrogen-bond acceptors (Lipinski definition) is 4. The van der Waals surface area contributed by atoms with E-state index in [0.29, 0.717) is 11.5 Å². The summed E-state index contributed by atoms with van der Waals surface area (Å²) in [6.45, 7) is -0.408. The maximum Gasteiger partial charge on any atom is 0.245 e. The van der Waals surface area contributed by atoms with Gasteiger partial charge in [-0.1, -0.05) is 24.2 Å². The van der Waals surface area contributed by atoms with Crippen LogP contribution in [0.3, 0.4) is 0 Å². The second kappa shape index (κ2) is 5.76. The maximum atomic E-state index is 13.4. The lowest BCUT2D eigenvalue weighted by molar-refractivity contribution is -0.157. The summed E-state index contributed by atoms with van der Waals surface area (Å²) in [6, 6.07) is -1.46. The topological polar surface area (TPSA) is 74.9 Å². The first-order chi connectivity index (χ1) is 16.9. The summed E-state index contributed by atoms with van der Waals surface area (Å²) < 4.78 is 71.6. The van der Waals surface area contributed by atoms with Gasteiger partial charge in [-0.05, 0) is 29.3 Å². The van der Waals surface area contributed by atoms with Crippen molar-refractivity contribution in [2.45, 2.75) is 18.4 Å². The molecular formula is C22H19N3O4. The van der Waals surface area contributed by atoms with Crippen LogP contribution in [-0.4, -0.2) is 53.0 Å². The van der Waals surface area contributed by atoms with E-state index in [1.165, 1.54) is 19.2 Å². The Bertz CT molecular complexity index is 1520. The third kappa shape index (κ3) is 2.24. The van der Waals surface area contributed by atoms with Crippen molar-refractivity contribution in [3.05, 3.63) is 59.2 Å². The van der Waals surface area contributed by atoms with Crippen molar-refractivity contribution in [2.24, 2.45) is 0 Å². The van der Waals surface area contributed by atoms with E-state index >= 15 is 0 Å². The largest absolute Gasteiger partial charge is 0.454 e. The van der Waals surface area contributed by atoms with Crippen LogP contribution in [0.1, 0.15) is 32.4 Å². The van der Waals surface area contributed by atoms with E-state index in [-0.39, 0.29) is 41.1 Å². The molecule has 146 valence electrons. The van der Waals surface area contributed by atoms with E-state index in [2.05, 4.69) is 4.98 Å². The fourth-order valence-electron chi connectivity index (χ4n) is 4.01. The summed E-state index contributed by atoms with van der Waals surface area (Å²) in [5, 5.41) is -0.161. The smallest absolute Gasteiger partial charge is 0.245 e. The molecule has 3 aromatic rings. The molecule has 1 fully saturated rings. The summed E-state index contributed by atoms with van der Waals surface area (Å²) in [7, 11) is 1.37. The number of rotatable bonds is 1.